The van der Waals surface area contributed by atoms with Gasteiger partial charge < -0.3 is 15.7 Å². The number of aliphatic carboxylic acids is 1. The summed E-state index contributed by atoms with van der Waals surface area (Å²) in [6, 6.07) is 0. The highest BCUT2D eigenvalue weighted by molar-refractivity contribution is 5.76. The third-order valence-corrected chi connectivity index (χ3v) is 4.34. The maximum absolute atomic E-state index is 11.5. The second kappa shape index (κ2) is 18.2. The van der Waals surface area contributed by atoms with E-state index in [-0.39, 0.29) is 24.8 Å². The number of hydrogen-bond donors (Lipinski definition) is 3. The highest BCUT2D eigenvalue weighted by Gasteiger charge is 2.02. The van der Waals surface area contributed by atoms with Gasteiger partial charge in [0.1, 0.15) is 0 Å². The van der Waals surface area contributed by atoms with Gasteiger partial charge in [-0.25, -0.2) is 0 Å². The van der Waals surface area contributed by atoms with E-state index in [1.165, 1.54) is 38.5 Å². The molecule has 0 saturated heterocycles. The smallest absolute Gasteiger partial charge is 0.305 e. The first-order valence-corrected chi connectivity index (χ1v) is 10.3. The van der Waals surface area contributed by atoms with Crippen molar-refractivity contribution < 1.29 is 19.5 Å². The molecule has 2 amide bonds. The lowest BCUT2D eigenvalue weighted by Crippen LogP contribution is -2.25. The predicted molar refractivity (Wildman–Crippen MR) is 104 cm³/mol. The van der Waals surface area contributed by atoms with Gasteiger partial charge in [-0.2, -0.15) is 0 Å². The summed E-state index contributed by atoms with van der Waals surface area (Å²) in [7, 11) is 0. The van der Waals surface area contributed by atoms with Gasteiger partial charge in [0.05, 0.1) is 6.42 Å². The van der Waals surface area contributed by atoms with Crippen LogP contribution in [-0.4, -0.2) is 36.0 Å². The van der Waals surface area contributed by atoms with Crippen LogP contribution in [0.2, 0.25) is 0 Å². The lowest BCUT2D eigenvalue weighted by atomic mass is 10.0. The fourth-order valence-corrected chi connectivity index (χ4v) is 2.84. The van der Waals surface area contributed by atoms with E-state index in [0.717, 1.165) is 38.6 Å². The first-order valence-electron chi connectivity index (χ1n) is 10.3. The summed E-state index contributed by atoms with van der Waals surface area (Å²) in [5, 5.41) is 13.9. The summed E-state index contributed by atoms with van der Waals surface area (Å²) < 4.78 is 0. The summed E-state index contributed by atoms with van der Waals surface area (Å²) in [5.74, 6) is -0.756. The molecule has 0 aliphatic carbocycles. The molecule has 3 N–H and O–H groups in total. The van der Waals surface area contributed by atoms with E-state index in [4.69, 9.17) is 5.11 Å². The summed E-state index contributed by atoms with van der Waals surface area (Å²) >= 11 is 0. The fourth-order valence-electron chi connectivity index (χ4n) is 2.84. The predicted octanol–water partition coefficient (Wildman–Crippen LogP) is 3.78. The molecule has 0 radical (unpaired) electrons. The fraction of sp³-hybridized carbons (Fsp3) is 0.850. The molecule has 0 spiro atoms. The topological polar surface area (TPSA) is 95.5 Å². The van der Waals surface area contributed by atoms with Gasteiger partial charge in [0.25, 0.3) is 0 Å². The van der Waals surface area contributed by atoms with Crippen molar-refractivity contribution in [1.82, 2.24) is 10.6 Å². The Hall–Kier alpha value is -1.59. The van der Waals surface area contributed by atoms with Crippen LogP contribution < -0.4 is 10.6 Å². The van der Waals surface area contributed by atoms with Crippen LogP contribution in [0.1, 0.15) is 96.8 Å². The third-order valence-electron chi connectivity index (χ3n) is 4.34. The Kier molecular flexibility index (Phi) is 17.1. The molecular weight excluding hydrogens is 332 g/mol. The Labute approximate surface area is 158 Å². The number of hydrogen-bond acceptors (Lipinski definition) is 3. The molecule has 6 heteroatoms. The maximum atomic E-state index is 11.5. The molecule has 0 aromatic heterocycles. The second-order valence-corrected chi connectivity index (χ2v) is 6.84. The van der Waals surface area contributed by atoms with E-state index in [1.54, 1.807) is 0 Å². The molecule has 0 rings (SSSR count). The van der Waals surface area contributed by atoms with E-state index in [2.05, 4.69) is 10.6 Å². The average Bonchev–Trinajstić information content (AvgIpc) is 2.59. The van der Waals surface area contributed by atoms with E-state index < -0.39 is 5.97 Å². The largest absolute Gasteiger partial charge is 0.481 e. The molecule has 6 nitrogen and oxygen atoms in total. The zero-order valence-corrected chi connectivity index (χ0v) is 16.5. The van der Waals surface area contributed by atoms with E-state index in [1.807, 2.05) is 6.92 Å². The van der Waals surface area contributed by atoms with Gasteiger partial charge in [-0.3, -0.25) is 14.4 Å². The normalized spacial score (nSPS) is 10.5. The molecule has 152 valence electrons. The van der Waals surface area contributed by atoms with E-state index >= 15 is 0 Å². The molecule has 0 aliphatic heterocycles. The van der Waals surface area contributed by atoms with Crippen LogP contribution in [0.25, 0.3) is 0 Å². The molecule has 26 heavy (non-hydrogen) atoms. The highest BCUT2D eigenvalue weighted by Crippen LogP contribution is 2.12. The van der Waals surface area contributed by atoms with Crippen molar-refractivity contribution in [2.75, 3.05) is 13.1 Å². The van der Waals surface area contributed by atoms with E-state index in [0.29, 0.717) is 12.8 Å². The minimum absolute atomic E-state index is 0.0140. The summed E-state index contributed by atoms with van der Waals surface area (Å²) in [6.45, 7) is 2.89. The number of carboxylic acid groups (broad SMARTS) is 1. The Morgan fingerprint density at radius 2 is 1.00 bits per heavy atom. The molecule has 0 fully saturated rings. The zero-order chi connectivity index (χ0) is 19.5. The number of amides is 2. The van der Waals surface area contributed by atoms with Crippen molar-refractivity contribution in [3.63, 3.8) is 0 Å². The van der Waals surface area contributed by atoms with Gasteiger partial charge in [0.2, 0.25) is 11.8 Å². The van der Waals surface area contributed by atoms with Crippen molar-refractivity contribution in [3.05, 3.63) is 0 Å². The summed E-state index contributed by atoms with van der Waals surface area (Å²) in [6.07, 6.45) is 13.9. The Morgan fingerprint density at radius 1 is 0.615 bits per heavy atom. The molecule has 0 aromatic carbocycles. The zero-order valence-electron chi connectivity index (χ0n) is 16.5. The number of nitrogens with one attached hydrogen (secondary N) is 2. The monoisotopic (exact) mass is 370 g/mol. The molecule has 0 heterocycles. The van der Waals surface area contributed by atoms with Crippen LogP contribution in [0.5, 0.6) is 0 Å². The van der Waals surface area contributed by atoms with E-state index in [9.17, 15) is 14.4 Å². The molecular formula is C20H38N2O4. The van der Waals surface area contributed by atoms with Crippen LogP contribution in [0.3, 0.4) is 0 Å². The van der Waals surface area contributed by atoms with Crippen LogP contribution in [0.4, 0.5) is 0 Å². The van der Waals surface area contributed by atoms with Gasteiger partial charge >= 0.3 is 5.97 Å². The summed E-state index contributed by atoms with van der Waals surface area (Å²) in [4.78, 5) is 33.1. The SMILES string of the molecule is CCNC(=O)CCCCCCCCCCCCCC(=O)NCCC(=O)O. The van der Waals surface area contributed by atoms with Gasteiger partial charge in [-0.1, -0.05) is 57.8 Å². The van der Waals surface area contributed by atoms with Gasteiger partial charge in [0, 0.05) is 25.9 Å². The average molecular weight is 371 g/mol. The van der Waals surface area contributed by atoms with Gasteiger partial charge in [0.15, 0.2) is 0 Å². The lowest BCUT2D eigenvalue weighted by Gasteiger charge is -2.04. The van der Waals surface area contributed by atoms with Crippen LogP contribution in [0, 0.1) is 0 Å². The van der Waals surface area contributed by atoms with Crippen molar-refractivity contribution in [2.45, 2.75) is 96.8 Å². The molecule has 0 unspecified atom stereocenters. The maximum Gasteiger partial charge on any atom is 0.305 e. The molecule has 0 atom stereocenters. The second-order valence-electron chi connectivity index (χ2n) is 6.84. The minimum Gasteiger partial charge on any atom is -0.481 e. The number of carbonyl (C=O) groups excluding carboxylic acids is 2. The summed E-state index contributed by atoms with van der Waals surface area (Å²) in [5.41, 5.74) is 0. The molecule has 0 aromatic rings. The molecule has 0 saturated carbocycles. The minimum atomic E-state index is -0.885. The first kappa shape index (κ1) is 24.4. The lowest BCUT2D eigenvalue weighted by molar-refractivity contribution is -0.137. The standard InChI is InChI=1S/C20H38N2O4/c1-2-21-18(23)14-12-10-8-6-4-3-5-7-9-11-13-15-19(24)22-17-16-20(25)26/h2-17H2,1H3,(H,21,23)(H,22,24)(H,25,26). The van der Waals surface area contributed by atoms with Crippen molar-refractivity contribution in [2.24, 2.45) is 0 Å². The van der Waals surface area contributed by atoms with Crippen molar-refractivity contribution in [1.29, 1.82) is 0 Å². The quantitative estimate of drug-likeness (QED) is 0.320. The Balaban J connectivity index is 3.18. The van der Waals surface area contributed by atoms with Crippen molar-refractivity contribution in [3.8, 4) is 0 Å². The first-order chi connectivity index (χ1) is 12.6. The van der Waals surface area contributed by atoms with Crippen LogP contribution in [0.15, 0.2) is 0 Å². The van der Waals surface area contributed by atoms with Crippen molar-refractivity contribution >= 4 is 17.8 Å². The molecule has 0 aliphatic rings. The number of unbranched alkanes of at least 4 members (excludes halogenated alkanes) is 10. The Bertz CT molecular complexity index is 386. The number of rotatable bonds is 18. The van der Waals surface area contributed by atoms with Gasteiger partial charge in [-0.15, -0.1) is 0 Å². The highest BCUT2D eigenvalue weighted by atomic mass is 16.4. The number of carboxylic acids is 1. The third kappa shape index (κ3) is 18.7. The van der Waals surface area contributed by atoms with Crippen LogP contribution >= 0.6 is 0 Å². The number of carbonyl (C=O) groups is 3. The van der Waals surface area contributed by atoms with Crippen LogP contribution in [-0.2, 0) is 14.4 Å². The van der Waals surface area contributed by atoms with Gasteiger partial charge in [-0.05, 0) is 19.8 Å². The molecule has 0 bridgehead atoms. The Morgan fingerprint density at radius 3 is 1.38 bits per heavy atom.